The number of rotatable bonds is 3. The molecule has 0 aromatic heterocycles. The maximum atomic E-state index is 10.5. The lowest BCUT2D eigenvalue weighted by molar-refractivity contribution is -0.00221. The lowest BCUT2D eigenvalue weighted by Crippen LogP contribution is -2.41. The van der Waals surface area contributed by atoms with Gasteiger partial charge in [0.1, 0.15) is 12.5 Å². The summed E-state index contributed by atoms with van der Waals surface area (Å²) in [7, 11) is 0. The van der Waals surface area contributed by atoms with Crippen LogP contribution in [0.5, 0.6) is 5.75 Å². The smallest absolute Gasteiger partial charge is 0.142 e. The average Bonchev–Trinajstić information content (AvgIpc) is 2.54. The number of benzene rings is 2. The average molecular weight is 269 g/mol. The molecule has 0 aliphatic carbocycles. The number of ether oxygens (including phenoxy) is 1. The zero-order valence-corrected chi connectivity index (χ0v) is 11.6. The molecule has 2 atom stereocenters. The fraction of sp³-hybridized carbons (Fsp3) is 0.294. The van der Waals surface area contributed by atoms with Crippen molar-refractivity contribution in [1.82, 2.24) is 4.90 Å². The third-order valence-electron chi connectivity index (χ3n) is 3.91. The van der Waals surface area contributed by atoms with Crippen LogP contribution in [0.4, 0.5) is 0 Å². The van der Waals surface area contributed by atoms with Crippen LogP contribution in [-0.4, -0.2) is 22.8 Å². The SMILES string of the molecule is CC(C(O)c1ccccc1)N1COc2ccccc2C1. The van der Waals surface area contributed by atoms with Crippen molar-refractivity contribution in [2.75, 3.05) is 6.73 Å². The normalized spacial score (nSPS) is 17.9. The Bertz CT molecular complexity index is 570. The quantitative estimate of drug-likeness (QED) is 0.930. The summed E-state index contributed by atoms with van der Waals surface area (Å²) in [5.74, 6) is 0.949. The molecule has 0 fully saturated rings. The molecule has 2 unspecified atom stereocenters. The highest BCUT2D eigenvalue weighted by atomic mass is 16.5. The van der Waals surface area contributed by atoms with Crippen LogP contribution in [0.25, 0.3) is 0 Å². The van der Waals surface area contributed by atoms with Gasteiger partial charge in [-0.05, 0) is 18.6 Å². The Morgan fingerprint density at radius 2 is 1.75 bits per heavy atom. The lowest BCUT2D eigenvalue weighted by atomic mass is 10.0. The van der Waals surface area contributed by atoms with Crippen LogP contribution in [0.15, 0.2) is 54.6 Å². The van der Waals surface area contributed by atoms with Gasteiger partial charge in [0.25, 0.3) is 0 Å². The highest BCUT2D eigenvalue weighted by Gasteiger charge is 2.26. The van der Waals surface area contributed by atoms with Gasteiger partial charge in [0.15, 0.2) is 0 Å². The summed E-state index contributed by atoms with van der Waals surface area (Å²) in [6.07, 6.45) is -0.509. The van der Waals surface area contributed by atoms with Crippen molar-refractivity contribution in [1.29, 1.82) is 0 Å². The van der Waals surface area contributed by atoms with Gasteiger partial charge >= 0.3 is 0 Å². The number of fused-ring (bicyclic) bond motifs is 1. The molecular formula is C17H19NO2. The molecule has 1 aliphatic rings. The minimum atomic E-state index is -0.509. The Balaban J connectivity index is 1.74. The van der Waals surface area contributed by atoms with Crippen LogP contribution in [-0.2, 0) is 6.54 Å². The third-order valence-corrected chi connectivity index (χ3v) is 3.91. The van der Waals surface area contributed by atoms with Crippen molar-refractivity contribution in [3.8, 4) is 5.75 Å². The van der Waals surface area contributed by atoms with E-state index in [0.717, 1.165) is 17.9 Å². The van der Waals surface area contributed by atoms with Crippen molar-refractivity contribution in [3.05, 3.63) is 65.7 Å². The topological polar surface area (TPSA) is 32.7 Å². The van der Waals surface area contributed by atoms with Crippen molar-refractivity contribution in [3.63, 3.8) is 0 Å². The predicted octanol–water partition coefficient (Wildman–Crippen LogP) is 2.96. The minimum Gasteiger partial charge on any atom is -0.478 e. The number of para-hydroxylation sites is 1. The second-order valence-electron chi connectivity index (χ2n) is 5.22. The van der Waals surface area contributed by atoms with Gasteiger partial charge in [0.05, 0.1) is 6.10 Å². The monoisotopic (exact) mass is 269 g/mol. The first-order valence-corrected chi connectivity index (χ1v) is 6.93. The second kappa shape index (κ2) is 5.65. The Morgan fingerprint density at radius 3 is 2.55 bits per heavy atom. The first-order valence-electron chi connectivity index (χ1n) is 6.93. The van der Waals surface area contributed by atoms with E-state index in [1.165, 1.54) is 5.56 Å². The van der Waals surface area contributed by atoms with E-state index in [9.17, 15) is 5.11 Å². The molecule has 1 N–H and O–H groups in total. The summed E-state index contributed by atoms with van der Waals surface area (Å²) >= 11 is 0. The summed E-state index contributed by atoms with van der Waals surface area (Å²) < 4.78 is 5.76. The van der Waals surface area contributed by atoms with E-state index in [0.29, 0.717) is 6.73 Å². The molecule has 0 bridgehead atoms. The van der Waals surface area contributed by atoms with Gasteiger partial charge in [0, 0.05) is 18.2 Å². The van der Waals surface area contributed by atoms with Gasteiger partial charge in [-0.2, -0.15) is 0 Å². The van der Waals surface area contributed by atoms with Crippen molar-refractivity contribution >= 4 is 0 Å². The van der Waals surface area contributed by atoms with E-state index in [1.807, 2.05) is 55.5 Å². The van der Waals surface area contributed by atoms with E-state index >= 15 is 0 Å². The third kappa shape index (κ3) is 2.55. The molecule has 104 valence electrons. The Labute approximate surface area is 119 Å². The first-order chi connectivity index (χ1) is 9.75. The van der Waals surface area contributed by atoms with Crippen LogP contribution >= 0.6 is 0 Å². The first kappa shape index (κ1) is 13.2. The van der Waals surface area contributed by atoms with Gasteiger partial charge in [-0.25, -0.2) is 0 Å². The molecule has 0 saturated carbocycles. The van der Waals surface area contributed by atoms with E-state index < -0.39 is 6.10 Å². The fourth-order valence-electron chi connectivity index (χ4n) is 2.58. The highest BCUT2D eigenvalue weighted by Crippen LogP contribution is 2.28. The van der Waals surface area contributed by atoms with Gasteiger partial charge < -0.3 is 9.84 Å². The summed E-state index contributed by atoms with van der Waals surface area (Å²) in [4.78, 5) is 2.15. The summed E-state index contributed by atoms with van der Waals surface area (Å²) in [5.41, 5.74) is 2.12. The van der Waals surface area contributed by atoms with Gasteiger partial charge in [0.2, 0.25) is 0 Å². The second-order valence-corrected chi connectivity index (χ2v) is 5.22. The van der Waals surface area contributed by atoms with Crippen molar-refractivity contribution in [2.24, 2.45) is 0 Å². The number of hydrogen-bond acceptors (Lipinski definition) is 3. The van der Waals surface area contributed by atoms with Crippen LogP contribution in [0.3, 0.4) is 0 Å². The molecule has 3 nitrogen and oxygen atoms in total. The Morgan fingerprint density at radius 1 is 1.05 bits per heavy atom. The van der Waals surface area contributed by atoms with E-state index in [-0.39, 0.29) is 6.04 Å². The van der Waals surface area contributed by atoms with Crippen LogP contribution in [0, 0.1) is 0 Å². The zero-order chi connectivity index (χ0) is 13.9. The molecule has 0 saturated heterocycles. The molecule has 20 heavy (non-hydrogen) atoms. The van der Waals surface area contributed by atoms with E-state index in [2.05, 4.69) is 11.0 Å². The van der Waals surface area contributed by atoms with Crippen LogP contribution < -0.4 is 4.74 Å². The molecule has 1 heterocycles. The van der Waals surface area contributed by atoms with Crippen molar-refractivity contribution < 1.29 is 9.84 Å². The Hall–Kier alpha value is -1.84. The molecule has 2 aromatic carbocycles. The highest BCUT2D eigenvalue weighted by molar-refractivity contribution is 5.34. The number of nitrogens with zero attached hydrogens (tertiary/aromatic N) is 1. The molecule has 0 spiro atoms. The summed E-state index contributed by atoms with van der Waals surface area (Å²) in [6, 6.07) is 17.8. The van der Waals surface area contributed by atoms with Crippen LogP contribution in [0.1, 0.15) is 24.2 Å². The number of aliphatic hydroxyl groups is 1. The molecule has 0 amide bonds. The number of hydrogen-bond donors (Lipinski definition) is 1. The van der Waals surface area contributed by atoms with E-state index in [1.54, 1.807) is 0 Å². The molecule has 3 rings (SSSR count). The molecule has 3 heteroatoms. The predicted molar refractivity (Wildman–Crippen MR) is 78.3 cm³/mol. The van der Waals surface area contributed by atoms with Crippen LogP contribution in [0.2, 0.25) is 0 Å². The largest absolute Gasteiger partial charge is 0.478 e. The fourth-order valence-corrected chi connectivity index (χ4v) is 2.58. The lowest BCUT2D eigenvalue weighted by Gasteiger charge is -2.35. The maximum Gasteiger partial charge on any atom is 0.142 e. The molecule has 0 radical (unpaired) electrons. The molecule has 1 aliphatic heterocycles. The Kier molecular flexibility index (Phi) is 3.72. The van der Waals surface area contributed by atoms with Gasteiger partial charge in [-0.3, -0.25) is 4.90 Å². The maximum absolute atomic E-state index is 10.5. The molecular weight excluding hydrogens is 250 g/mol. The van der Waals surface area contributed by atoms with Gasteiger partial charge in [-0.15, -0.1) is 0 Å². The minimum absolute atomic E-state index is 0.00533. The van der Waals surface area contributed by atoms with Gasteiger partial charge in [-0.1, -0.05) is 48.5 Å². The standard InChI is InChI=1S/C17H19NO2/c1-13(17(19)14-7-3-2-4-8-14)18-11-15-9-5-6-10-16(15)20-12-18/h2-10,13,17,19H,11-12H2,1H3. The van der Waals surface area contributed by atoms with E-state index in [4.69, 9.17) is 4.74 Å². The van der Waals surface area contributed by atoms with Crippen molar-refractivity contribution in [2.45, 2.75) is 25.6 Å². The zero-order valence-electron chi connectivity index (χ0n) is 11.6. The summed E-state index contributed by atoms with van der Waals surface area (Å²) in [5, 5.41) is 10.5. The summed E-state index contributed by atoms with van der Waals surface area (Å²) in [6.45, 7) is 3.36. The number of aliphatic hydroxyl groups excluding tert-OH is 1. The molecule has 2 aromatic rings.